The monoisotopic (exact) mass is 322 g/mol. The van der Waals surface area contributed by atoms with Gasteiger partial charge in [-0.15, -0.1) is 0 Å². The number of H-pyrrole nitrogens is 1. The maximum atomic E-state index is 12.3. The molecule has 0 aliphatic rings. The fourth-order valence-electron chi connectivity index (χ4n) is 1.85. The van der Waals surface area contributed by atoms with E-state index in [-0.39, 0.29) is 5.91 Å². The number of aromatic nitrogens is 2. The number of nitrogen functional groups attached to an aromatic ring is 1. The summed E-state index contributed by atoms with van der Waals surface area (Å²) in [4.78, 5) is 12.3. The number of aromatic amines is 1. The number of carbonyl (C=O) groups excluding carboxylic acids is 1. The van der Waals surface area contributed by atoms with E-state index in [2.05, 4.69) is 31.4 Å². The van der Waals surface area contributed by atoms with Crippen LogP contribution in [0.4, 0.5) is 11.4 Å². The van der Waals surface area contributed by atoms with Crippen LogP contribution in [0.3, 0.4) is 0 Å². The van der Waals surface area contributed by atoms with Crippen molar-refractivity contribution in [1.29, 1.82) is 0 Å². The molecule has 2 rings (SSSR count). The van der Waals surface area contributed by atoms with Crippen molar-refractivity contribution in [3.8, 4) is 0 Å². The molecule has 1 amide bonds. The summed E-state index contributed by atoms with van der Waals surface area (Å²) >= 11 is 3.34. The van der Waals surface area contributed by atoms with Gasteiger partial charge in [0.05, 0.1) is 17.1 Å². The van der Waals surface area contributed by atoms with Gasteiger partial charge in [-0.05, 0) is 38.5 Å². The average Bonchev–Trinajstić information content (AvgIpc) is 2.65. The lowest BCUT2D eigenvalue weighted by atomic mass is 10.1. The van der Waals surface area contributed by atoms with Crippen LogP contribution in [0.1, 0.15) is 27.3 Å². The zero-order chi connectivity index (χ0) is 14.2. The Labute approximate surface area is 119 Å². The number of hydrogen-bond acceptors (Lipinski definition) is 3. The molecule has 5 nitrogen and oxygen atoms in total. The first-order valence-electron chi connectivity index (χ1n) is 5.78. The molecule has 4 N–H and O–H groups in total. The molecule has 0 aliphatic carbocycles. The third-order valence-electron chi connectivity index (χ3n) is 3.02. The van der Waals surface area contributed by atoms with Crippen LogP contribution in [-0.2, 0) is 0 Å². The summed E-state index contributed by atoms with van der Waals surface area (Å²) in [6.07, 6.45) is 0. The van der Waals surface area contributed by atoms with Gasteiger partial charge < -0.3 is 11.1 Å². The van der Waals surface area contributed by atoms with Gasteiger partial charge in [0.25, 0.3) is 5.91 Å². The molecular weight excluding hydrogens is 308 g/mol. The van der Waals surface area contributed by atoms with Crippen molar-refractivity contribution in [1.82, 2.24) is 10.2 Å². The van der Waals surface area contributed by atoms with Crippen molar-refractivity contribution in [3.05, 3.63) is 39.1 Å². The molecule has 0 fully saturated rings. The van der Waals surface area contributed by atoms with Gasteiger partial charge in [-0.3, -0.25) is 9.89 Å². The SMILES string of the molecule is Cc1n[nH]c(C)c1NC(=O)c1cc(Br)cc(N)c1C. The highest BCUT2D eigenvalue weighted by molar-refractivity contribution is 9.10. The van der Waals surface area contributed by atoms with Gasteiger partial charge in [0.15, 0.2) is 0 Å². The van der Waals surface area contributed by atoms with Gasteiger partial charge in [0, 0.05) is 15.7 Å². The van der Waals surface area contributed by atoms with E-state index in [1.807, 2.05) is 20.8 Å². The lowest BCUT2D eigenvalue weighted by Gasteiger charge is -2.10. The molecule has 0 bridgehead atoms. The summed E-state index contributed by atoms with van der Waals surface area (Å²) < 4.78 is 0.779. The van der Waals surface area contributed by atoms with Crippen LogP contribution in [0, 0.1) is 20.8 Å². The van der Waals surface area contributed by atoms with Crippen LogP contribution in [0.2, 0.25) is 0 Å². The second kappa shape index (κ2) is 5.05. The molecule has 1 aromatic carbocycles. The van der Waals surface area contributed by atoms with E-state index in [0.29, 0.717) is 16.9 Å². The largest absolute Gasteiger partial charge is 0.398 e. The van der Waals surface area contributed by atoms with Gasteiger partial charge in [0.1, 0.15) is 0 Å². The highest BCUT2D eigenvalue weighted by Crippen LogP contribution is 2.24. The fraction of sp³-hybridized carbons (Fsp3) is 0.231. The van der Waals surface area contributed by atoms with Crippen LogP contribution in [-0.4, -0.2) is 16.1 Å². The summed E-state index contributed by atoms with van der Waals surface area (Å²) in [5.74, 6) is -0.196. The number of carbonyl (C=O) groups is 1. The molecule has 2 aromatic rings. The molecule has 19 heavy (non-hydrogen) atoms. The second-order valence-corrected chi connectivity index (χ2v) is 5.35. The van der Waals surface area contributed by atoms with Crippen molar-refractivity contribution in [2.75, 3.05) is 11.1 Å². The fourth-order valence-corrected chi connectivity index (χ4v) is 2.33. The van der Waals surface area contributed by atoms with Crippen LogP contribution in [0.25, 0.3) is 0 Å². The van der Waals surface area contributed by atoms with Crippen molar-refractivity contribution < 1.29 is 4.79 Å². The Balaban J connectivity index is 2.36. The highest BCUT2D eigenvalue weighted by Gasteiger charge is 2.15. The lowest BCUT2D eigenvalue weighted by Crippen LogP contribution is -2.15. The molecule has 6 heteroatoms. The average molecular weight is 323 g/mol. The zero-order valence-electron chi connectivity index (χ0n) is 11.0. The van der Waals surface area contributed by atoms with Crippen molar-refractivity contribution in [3.63, 3.8) is 0 Å². The van der Waals surface area contributed by atoms with Crippen molar-refractivity contribution in [2.45, 2.75) is 20.8 Å². The molecule has 0 saturated heterocycles. The zero-order valence-corrected chi connectivity index (χ0v) is 12.6. The molecule has 0 spiro atoms. The number of rotatable bonds is 2. The molecule has 0 aliphatic heterocycles. The van der Waals surface area contributed by atoms with Crippen LogP contribution in [0.15, 0.2) is 16.6 Å². The van der Waals surface area contributed by atoms with Gasteiger partial charge in [0.2, 0.25) is 0 Å². The van der Waals surface area contributed by atoms with E-state index in [9.17, 15) is 4.79 Å². The Morgan fingerprint density at radius 3 is 2.63 bits per heavy atom. The van der Waals surface area contributed by atoms with E-state index < -0.39 is 0 Å². The number of halogens is 1. The summed E-state index contributed by atoms with van der Waals surface area (Å²) in [5, 5.41) is 9.74. The molecule has 1 aromatic heterocycles. The van der Waals surface area contributed by atoms with Crippen LogP contribution >= 0.6 is 15.9 Å². The molecule has 0 radical (unpaired) electrons. The van der Waals surface area contributed by atoms with E-state index in [0.717, 1.165) is 21.4 Å². The predicted octanol–water partition coefficient (Wildman–Crippen LogP) is 2.93. The topological polar surface area (TPSA) is 83.8 Å². The smallest absolute Gasteiger partial charge is 0.256 e. The lowest BCUT2D eigenvalue weighted by molar-refractivity contribution is 0.102. The van der Waals surface area contributed by atoms with E-state index >= 15 is 0 Å². The summed E-state index contributed by atoms with van der Waals surface area (Å²) in [5.41, 5.74) is 10.1. The first kappa shape index (κ1) is 13.6. The minimum atomic E-state index is -0.196. The Bertz CT molecular complexity index is 629. The minimum Gasteiger partial charge on any atom is -0.398 e. The van der Waals surface area contributed by atoms with Crippen LogP contribution < -0.4 is 11.1 Å². The highest BCUT2D eigenvalue weighted by atomic mass is 79.9. The van der Waals surface area contributed by atoms with Crippen molar-refractivity contribution in [2.24, 2.45) is 0 Å². The molecule has 1 heterocycles. The van der Waals surface area contributed by atoms with Gasteiger partial charge in [-0.25, -0.2) is 0 Å². The number of benzene rings is 1. The van der Waals surface area contributed by atoms with E-state index in [1.165, 1.54) is 0 Å². The van der Waals surface area contributed by atoms with Gasteiger partial charge in [-0.1, -0.05) is 15.9 Å². The third-order valence-corrected chi connectivity index (χ3v) is 3.48. The first-order valence-corrected chi connectivity index (χ1v) is 6.58. The quantitative estimate of drug-likeness (QED) is 0.743. The number of nitrogens with zero attached hydrogens (tertiary/aromatic N) is 1. The molecular formula is C13H15BrN4O. The predicted molar refractivity (Wildman–Crippen MR) is 79.3 cm³/mol. The molecule has 100 valence electrons. The molecule has 0 unspecified atom stereocenters. The van der Waals surface area contributed by atoms with E-state index in [1.54, 1.807) is 12.1 Å². The number of hydrogen-bond donors (Lipinski definition) is 3. The van der Waals surface area contributed by atoms with E-state index in [4.69, 9.17) is 5.73 Å². The number of amides is 1. The number of nitrogens with two attached hydrogens (primary N) is 1. The first-order chi connectivity index (χ1) is 8.90. The summed E-state index contributed by atoms with van der Waals surface area (Å²) in [7, 11) is 0. The Morgan fingerprint density at radius 2 is 2.05 bits per heavy atom. The third kappa shape index (κ3) is 2.63. The number of anilines is 2. The standard InChI is InChI=1S/C13H15BrN4O/c1-6-10(4-9(14)5-11(6)15)13(19)16-12-7(2)17-18-8(12)3/h4-5H,15H2,1-3H3,(H,16,19)(H,17,18). The molecule has 0 saturated carbocycles. The summed E-state index contributed by atoms with van der Waals surface area (Å²) in [6, 6.07) is 3.53. The Morgan fingerprint density at radius 1 is 1.37 bits per heavy atom. The number of nitrogens with one attached hydrogen (secondary N) is 2. The van der Waals surface area contributed by atoms with Crippen LogP contribution in [0.5, 0.6) is 0 Å². The number of aryl methyl sites for hydroxylation is 2. The minimum absolute atomic E-state index is 0.196. The maximum absolute atomic E-state index is 12.3. The van der Waals surface area contributed by atoms with Gasteiger partial charge in [-0.2, -0.15) is 5.10 Å². The van der Waals surface area contributed by atoms with Gasteiger partial charge >= 0.3 is 0 Å². The Hall–Kier alpha value is -1.82. The summed E-state index contributed by atoms with van der Waals surface area (Å²) in [6.45, 7) is 5.52. The Kier molecular flexibility index (Phi) is 3.61. The van der Waals surface area contributed by atoms with Crippen molar-refractivity contribution >= 4 is 33.2 Å². The normalized spacial score (nSPS) is 10.5. The second-order valence-electron chi connectivity index (χ2n) is 4.43. The maximum Gasteiger partial charge on any atom is 0.256 e. The molecule has 0 atom stereocenters.